The van der Waals surface area contributed by atoms with Gasteiger partial charge in [0.15, 0.2) is 0 Å². The molecule has 0 saturated carbocycles. The van der Waals surface area contributed by atoms with Gasteiger partial charge in [0, 0.05) is 8.91 Å². The first kappa shape index (κ1) is 6.77. The standard InChI is InChI=1S/C12H18BNO2/c1-9-6-7-10(14-8-9)13-15-11(2,3)12(4,5)16-13/h6-8H,1-5H3/i1D2,6D,7D,8D. The minimum atomic E-state index is -1.52. The fourth-order valence-corrected chi connectivity index (χ4v) is 1.37. The average molecular weight is 224 g/mol. The Morgan fingerprint density at radius 2 is 1.88 bits per heavy atom. The lowest BCUT2D eigenvalue weighted by Gasteiger charge is -2.32. The summed E-state index contributed by atoms with van der Waals surface area (Å²) in [5, 5.41) is 0. The zero-order chi connectivity index (χ0) is 16.2. The third-order valence-electron chi connectivity index (χ3n) is 3.10. The van der Waals surface area contributed by atoms with Crippen molar-refractivity contribution in [3.63, 3.8) is 0 Å². The van der Waals surface area contributed by atoms with Crippen molar-refractivity contribution in [2.24, 2.45) is 0 Å². The average Bonchev–Trinajstić information content (AvgIpc) is 2.52. The second-order valence-corrected chi connectivity index (χ2v) is 4.86. The molecule has 2 heterocycles. The monoisotopic (exact) mass is 224 g/mol. The van der Waals surface area contributed by atoms with Crippen molar-refractivity contribution in [3.05, 3.63) is 23.8 Å². The van der Waals surface area contributed by atoms with Gasteiger partial charge in [-0.3, -0.25) is 4.98 Å². The Labute approximate surface area is 104 Å². The van der Waals surface area contributed by atoms with Crippen LogP contribution in [0, 0.1) is 6.88 Å². The summed E-state index contributed by atoms with van der Waals surface area (Å²) in [6, 6.07) is -0.598. The fourth-order valence-electron chi connectivity index (χ4n) is 1.37. The van der Waals surface area contributed by atoms with E-state index in [1.807, 2.05) is 27.7 Å². The van der Waals surface area contributed by atoms with Crippen LogP contribution >= 0.6 is 0 Å². The van der Waals surface area contributed by atoms with E-state index in [1.165, 1.54) is 0 Å². The first-order valence-electron chi connectivity index (χ1n) is 7.81. The third kappa shape index (κ3) is 1.87. The molecule has 1 fully saturated rings. The van der Waals surface area contributed by atoms with Gasteiger partial charge in [0.1, 0.15) is 0 Å². The minimum absolute atomic E-state index is 0.0491. The first-order valence-corrected chi connectivity index (χ1v) is 5.15. The summed E-state index contributed by atoms with van der Waals surface area (Å²) >= 11 is 0. The molecule has 0 bridgehead atoms. The van der Waals surface area contributed by atoms with Crippen LogP contribution in [0.15, 0.2) is 18.3 Å². The Balaban J connectivity index is 2.48. The van der Waals surface area contributed by atoms with E-state index in [-0.39, 0.29) is 29.4 Å². The number of rotatable bonds is 1. The summed E-state index contributed by atoms with van der Waals surface area (Å²) in [5.74, 6) is 0. The second kappa shape index (κ2) is 3.57. The number of hydrogen-bond donors (Lipinski definition) is 0. The maximum absolute atomic E-state index is 7.99. The van der Waals surface area contributed by atoms with E-state index in [0.29, 0.717) is 0 Å². The van der Waals surface area contributed by atoms with Crippen molar-refractivity contribution in [1.82, 2.24) is 4.98 Å². The molecule has 4 heteroatoms. The predicted molar refractivity (Wildman–Crippen MR) is 64.7 cm³/mol. The molecule has 16 heavy (non-hydrogen) atoms. The molecule has 0 unspecified atom stereocenters. The lowest BCUT2D eigenvalue weighted by molar-refractivity contribution is 0.00578. The SMILES string of the molecule is [2H]c1nc(B2OC(C)(C)C(C)(C)O2)c([2H])c([2H])c1C([2H])[2H]. The Bertz CT molecular complexity index is 563. The number of pyridine rings is 1. The van der Waals surface area contributed by atoms with Gasteiger partial charge >= 0.3 is 7.12 Å². The van der Waals surface area contributed by atoms with Crippen LogP contribution in [0.4, 0.5) is 0 Å². The Hall–Kier alpha value is -0.865. The van der Waals surface area contributed by atoms with E-state index in [9.17, 15) is 0 Å². The van der Waals surface area contributed by atoms with Crippen LogP contribution in [-0.4, -0.2) is 23.3 Å². The summed E-state index contributed by atoms with van der Waals surface area (Å²) < 4.78 is 49.9. The molecule has 86 valence electrons. The Kier molecular flexibility index (Phi) is 1.51. The van der Waals surface area contributed by atoms with Crippen LogP contribution in [0.2, 0.25) is 0 Å². The highest BCUT2D eigenvalue weighted by atomic mass is 16.7. The van der Waals surface area contributed by atoms with Crippen LogP contribution in [0.5, 0.6) is 0 Å². The lowest BCUT2D eigenvalue weighted by Crippen LogP contribution is -2.41. The number of aromatic nitrogens is 1. The largest absolute Gasteiger partial charge is 0.514 e. The van der Waals surface area contributed by atoms with Gasteiger partial charge in [-0.1, -0.05) is 6.04 Å². The van der Waals surface area contributed by atoms with Crippen molar-refractivity contribution < 1.29 is 16.2 Å². The van der Waals surface area contributed by atoms with E-state index in [2.05, 4.69) is 4.98 Å². The molecule has 1 aliphatic rings. The van der Waals surface area contributed by atoms with Gasteiger partial charge in [0.2, 0.25) is 0 Å². The van der Waals surface area contributed by atoms with E-state index in [1.54, 1.807) is 0 Å². The maximum Gasteiger partial charge on any atom is 0.514 e. The molecule has 1 aliphatic heterocycles. The molecule has 0 radical (unpaired) electrons. The highest BCUT2D eigenvalue weighted by molar-refractivity contribution is 6.61. The van der Waals surface area contributed by atoms with E-state index >= 15 is 0 Å². The van der Waals surface area contributed by atoms with Gasteiger partial charge in [-0.15, -0.1) is 0 Å². The van der Waals surface area contributed by atoms with Crippen molar-refractivity contribution in [3.8, 4) is 0 Å². The Morgan fingerprint density at radius 3 is 2.44 bits per heavy atom. The van der Waals surface area contributed by atoms with Crippen LogP contribution in [0.1, 0.15) is 40.1 Å². The van der Waals surface area contributed by atoms with Gasteiger partial charge in [-0.05, 0) is 46.2 Å². The van der Waals surface area contributed by atoms with Crippen molar-refractivity contribution in [2.75, 3.05) is 0 Å². The maximum atomic E-state index is 7.99. The molecule has 1 saturated heterocycles. The quantitative estimate of drug-likeness (QED) is 0.680. The molecule has 0 aromatic carbocycles. The predicted octanol–water partition coefficient (Wildman–Crippen LogP) is 1.69. The van der Waals surface area contributed by atoms with Crippen molar-refractivity contribution in [1.29, 1.82) is 0 Å². The molecular weight excluding hydrogens is 201 g/mol. The first-order chi connectivity index (χ1) is 9.48. The summed E-state index contributed by atoms with van der Waals surface area (Å²) in [4.78, 5) is 3.94. The zero-order valence-electron chi connectivity index (χ0n) is 14.9. The van der Waals surface area contributed by atoms with Gasteiger partial charge in [0.25, 0.3) is 0 Å². The van der Waals surface area contributed by atoms with Gasteiger partial charge in [0.05, 0.1) is 20.9 Å². The summed E-state index contributed by atoms with van der Waals surface area (Å²) in [7, 11) is -0.931. The molecule has 1 aromatic rings. The molecule has 0 N–H and O–H groups in total. The normalized spacial score (nSPS) is 27.1. The molecule has 1 aromatic heterocycles. The molecule has 0 aliphatic carbocycles. The van der Waals surface area contributed by atoms with Crippen molar-refractivity contribution in [2.45, 2.75) is 45.8 Å². The van der Waals surface area contributed by atoms with Crippen LogP contribution in [0.25, 0.3) is 0 Å². The lowest BCUT2D eigenvalue weighted by atomic mass is 9.84. The van der Waals surface area contributed by atoms with Crippen LogP contribution < -0.4 is 5.59 Å². The minimum Gasteiger partial charge on any atom is -0.398 e. The zero-order valence-corrected chi connectivity index (χ0v) is 9.92. The molecule has 2 rings (SSSR count). The molecule has 0 amide bonds. The van der Waals surface area contributed by atoms with Gasteiger partial charge in [-0.2, -0.15) is 0 Å². The third-order valence-corrected chi connectivity index (χ3v) is 3.10. The second-order valence-electron chi connectivity index (χ2n) is 4.86. The van der Waals surface area contributed by atoms with E-state index < -0.39 is 25.2 Å². The highest BCUT2D eigenvalue weighted by Gasteiger charge is 2.52. The number of hydrogen-bond acceptors (Lipinski definition) is 3. The summed E-state index contributed by atoms with van der Waals surface area (Å²) in [5.41, 5.74) is -1.35. The molecule has 0 atom stereocenters. The fraction of sp³-hybridized carbons (Fsp3) is 0.583. The number of nitrogens with zero attached hydrogens (tertiary/aromatic N) is 1. The van der Waals surface area contributed by atoms with E-state index in [4.69, 9.17) is 16.2 Å². The summed E-state index contributed by atoms with van der Waals surface area (Å²) in [6.07, 6.45) is -0.351. The smallest absolute Gasteiger partial charge is 0.398 e. The van der Waals surface area contributed by atoms with Gasteiger partial charge in [-0.25, -0.2) is 0 Å². The molecule has 0 spiro atoms. The van der Waals surface area contributed by atoms with E-state index in [0.717, 1.165) is 0 Å². The highest BCUT2D eigenvalue weighted by Crippen LogP contribution is 2.36. The van der Waals surface area contributed by atoms with Crippen LogP contribution in [0.3, 0.4) is 0 Å². The Morgan fingerprint density at radius 1 is 1.25 bits per heavy atom. The van der Waals surface area contributed by atoms with Crippen LogP contribution in [-0.2, 0) is 9.31 Å². The topological polar surface area (TPSA) is 31.4 Å². The summed E-state index contributed by atoms with van der Waals surface area (Å²) in [6.45, 7) is 5.92. The van der Waals surface area contributed by atoms with Gasteiger partial charge < -0.3 is 9.31 Å². The molecular formula is C12H18BNO2. The molecule has 3 nitrogen and oxygen atoms in total. The van der Waals surface area contributed by atoms with Crippen molar-refractivity contribution >= 4 is 12.7 Å².